The van der Waals surface area contributed by atoms with Gasteiger partial charge in [-0.05, 0) is 67.2 Å². The Labute approximate surface area is 126 Å². The van der Waals surface area contributed by atoms with Gasteiger partial charge in [0.25, 0.3) is 0 Å². The van der Waals surface area contributed by atoms with Gasteiger partial charge in [0.15, 0.2) is 0 Å². The Balaban J connectivity index is 1.71. The second-order valence-corrected chi connectivity index (χ2v) is 7.71. The number of hydrogen-bond acceptors (Lipinski definition) is 1. The highest BCUT2D eigenvalue weighted by molar-refractivity contribution is 9.11. The molecule has 0 radical (unpaired) electrons. The van der Waals surface area contributed by atoms with E-state index in [0.29, 0.717) is 0 Å². The molecule has 4 unspecified atom stereocenters. The minimum Gasteiger partial charge on any atom is -0.324 e. The lowest BCUT2D eigenvalue weighted by atomic mass is 9.83. The lowest BCUT2D eigenvalue weighted by molar-refractivity contribution is 0.296. The van der Waals surface area contributed by atoms with Crippen LogP contribution in [-0.2, 0) is 0 Å². The van der Waals surface area contributed by atoms with E-state index in [1.54, 1.807) is 0 Å². The largest absolute Gasteiger partial charge is 0.324 e. The van der Waals surface area contributed by atoms with Crippen molar-refractivity contribution in [2.75, 3.05) is 0 Å². The maximum atomic E-state index is 6.43. The summed E-state index contributed by atoms with van der Waals surface area (Å²) in [4.78, 5) is 0. The summed E-state index contributed by atoms with van der Waals surface area (Å²) < 4.78 is 2.26. The van der Waals surface area contributed by atoms with Crippen LogP contribution in [-0.4, -0.2) is 0 Å². The number of nitrogens with two attached hydrogens (primary N) is 1. The van der Waals surface area contributed by atoms with Crippen LogP contribution in [0.25, 0.3) is 0 Å². The van der Waals surface area contributed by atoms with Gasteiger partial charge in [-0.25, -0.2) is 0 Å². The quantitative estimate of drug-likeness (QED) is 0.790. The Hall–Kier alpha value is 0.140. The van der Waals surface area contributed by atoms with Crippen molar-refractivity contribution in [3.63, 3.8) is 0 Å². The lowest BCUT2D eigenvalue weighted by Crippen LogP contribution is -2.19. The third kappa shape index (κ3) is 2.54. The molecule has 0 aliphatic heterocycles. The maximum absolute atomic E-state index is 6.43. The molecule has 2 bridgehead atoms. The molecule has 4 atom stereocenters. The van der Waals surface area contributed by atoms with Crippen molar-refractivity contribution in [1.29, 1.82) is 0 Å². The molecule has 2 saturated carbocycles. The van der Waals surface area contributed by atoms with Gasteiger partial charge in [0.05, 0.1) is 0 Å². The predicted molar refractivity (Wildman–Crippen MR) is 82.3 cm³/mol. The summed E-state index contributed by atoms with van der Waals surface area (Å²) >= 11 is 7.15. The fourth-order valence-corrected chi connectivity index (χ4v) is 4.84. The molecular formula is C15H19Br2N. The van der Waals surface area contributed by atoms with Gasteiger partial charge in [-0.1, -0.05) is 38.3 Å². The van der Waals surface area contributed by atoms with Crippen LogP contribution in [0.4, 0.5) is 0 Å². The van der Waals surface area contributed by atoms with Crippen molar-refractivity contribution in [3.05, 3.63) is 32.7 Å². The third-order valence-electron chi connectivity index (χ3n) is 4.80. The highest BCUT2D eigenvalue weighted by atomic mass is 79.9. The van der Waals surface area contributed by atoms with Crippen LogP contribution in [0, 0.1) is 17.8 Å². The van der Waals surface area contributed by atoms with Gasteiger partial charge < -0.3 is 5.73 Å². The monoisotopic (exact) mass is 371 g/mol. The molecule has 1 aromatic rings. The minimum atomic E-state index is 0.168. The van der Waals surface area contributed by atoms with E-state index in [-0.39, 0.29) is 6.04 Å². The molecule has 3 rings (SSSR count). The maximum Gasteiger partial charge on any atom is 0.0309 e. The van der Waals surface area contributed by atoms with Gasteiger partial charge in [-0.2, -0.15) is 0 Å². The van der Waals surface area contributed by atoms with E-state index >= 15 is 0 Å². The van der Waals surface area contributed by atoms with Crippen LogP contribution in [0.3, 0.4) is 0 Å². The first-order chi connectivity index (χ1) is 8.63. The molecule has 0 aromatic heterocycles. The van der Waals surface area contributed by atoms with Crippen LogP contribution in [0.15, 0.2) is 27.1 Å². The van der Waals surface area contributed by atoms with Gasteiger partial charge in [0, 0.05) is 15.0 Å². The molecule has 2 N–H and O–H groups in total. The third-order valence-corrected chi connectivity index (χ3v) is 6.01. The molecule has 2 aliphatic carbocycles. The number of benzene rings is 1. The highest BCUT2D eigenvalue weighted by Crippen LogP contribution is 2.51. The topological polar surface area (TPSA) is 26.0 Å². The predicted octanol–water partition coefficient (Wildman–Crippen LogP) is 5.04. The smallest absolute Gasteiger partial charge is 0.0309 e. The van der Waals surface area contributed by atoms with Gasteiger partial charge in [-0.3, -0.25) is 0 Å². The number of fused-ring (bicyclic) bond motifs is 2. The second-order valence-electron chi connectivity index (χ2n) is 5.94. The van der Waals surface area contributed by atoms with E-state index in [4.69, 9.17) is 5.73 Å². The Bertz CT molecular complexity index is 446. The summed E-state index contributed by atoms with van der Waals surface area (Å²) in [6.45, 7) is 0. The van der Waals surface area contributed by atoms with Gasteiger partial charge in [0.2, 0.25) is 0 Å². The zero-order chi connectivity index (χ0) is 12.7. The van der Waals surface area contributed by atoms with Crippen LogP contribution in [0.5, 0.6) is 0 Å². The number of rotatable bonds is 3. The van der Waals surface area contributed by atoms with E-state index in [2.05, 4.69) is 50.1 Å². The van der Waals surface area contributed by atoms with E-state index in [1.807, 2.05) is 0 Å². The van der Waals surface area contributed by atoms with Gasteiger partial charge in [-0.15, -0.1) is 0 Å². The normalized spacial score (nSPS) is 31.8. The molecule has 2 aliphatic rings. The Kier molecular flexibility index (Phi) is 3.84. The van der Waals surface area contributed by atoms with Crippen LogP contribution >= 0.6 is 31.9 Å². The van der Waals surface area contributed by atoms with E-state index in [0.717, 1.165) is 33.1 Å². The summed E-state index contributed by atoms with van der Waals surface area (Å²) in [7, 11) is 0. The van der Waals surface area contributed by atoms with Crippen molar-refractivity contribution in [2.45, 2.75) is 38.1 Å². The molecule has 0 heterocycles. The van der Waals surface area contributed by atoms with Crippen molar-refractivity contribution >= 4 is 31.9 Å². The first-order valence-electron chi connectivity index (χ1n) is 6.84. The zero-order valence-corrected chi connectivity index (χ0v) is 13.6. The number of hydrogen-bond donors (Lipinski definition) is 1. The van der Waals surface area contributed by atoms with E-state index < -0.39 is 0 Å². The standard InChI is InChI=1S/C15H19Br2N/c16-12-3-4-14(17)13(8-12)15(18)7-11-6-9-1-2-10(11)5-9/h3-4,8-11,15H,1-2,5-7,18H2. The first-order valence-corrected chi connectivity index (χ1v) is 8.42. The molecule has 1 aromatic carbocycles. The molecule has 0 saturated heterocycles. The van der Waals surface area contributed by atoms with Crippen molar-refractivity contribution in [1.82, 2.24) is 0 Å². The molecular weight excluding hydrogens is 354 g/mol. The van der Waals surface area contributed by atoms with Gasteiger partial charge >= 0.3 is 0 Å². The van der Waals surface area contributed by atoms with Crippen molar-refractivity contribution in [3.8, 4) is 0 Å². The Morgan fingerprint density at radius 3 is 2.72 bits per heavy atom. The summed E-state index contributed by atoms with van der Waals surface area (Å²) in [5, 5.41) is 0. The summed E-state index contributed by atoms with van der Waals surface area (Å²) in [5.74, 6) is 2.84. The second kappa shape index (κ2) is 5.26. The summed E-state index contributed by atoms with van der Waals surface area (Å²) in [6, 6.07) is 6.46. The van der Waals surface area contributed by atoms with Crippen LogP contribution in [0.2, 0.25) is 0 Å². The molecule has 98 valence electrons. The van der Waals surface area contributed by atoms with Crippen molar-refractivity contribution < 1.29 is 0 Å². The van der Waals surface area contributed by atoms with Crippen LogP contribution in [0.1, 0.15) is 43.7 Å². The number of halogens is 2. The average molecular weight is 373 g/mol. The lowest BCUT2D eigenvalue weighted by Gasteiger charge is -2.25. The fraction of sp³-hybridized carbons (Fsp3) is 0.600. The van der Waals surface area contributed by atoms with E-state index in [1.165, 1.54) is 31.2 Å². The SMILES string of the molecule is NC(CC1CC2CCC1C2)c1cc(Br)ccc1Br. The minimum absolute atomic E-state index is 0.168. The molecule has 0 spiro atoms. The molecule has 3 heteroatoms. The van der Waals surface area contributed by atoms with E-state index in [9.17, 15) is 0 Å². The Morgan fingerprint density at radius 2 is 2.06 bits per heavy atom. The molecule has 2 fully saturated rings. The summed E-state index contributed by atoms with van der Waals surface area (Å²) in [6.07, 6.45) is 6.95. The molecule has 0 amide bonds. The van der Waals surface area contributed by atoms with Gasteiger partial charge in [0.1, 0.15) is 0 Å². The molecule has 1 nitrogen and oxygen atoms in total. The summed E-state index contributed by atoms with van der Waals surface area (Å²) in [5.41, 5.74) is 7.67. The van der Waals surface area contributed by atoms with Crippen molar-refractivity contribution in [2.24, 2.45) is 23.5 Å². The molecule has 18 heavy (non-hydrogen) atoms. The first kappa shape index (κ1) is 13.1. The van der Waals surface area contributed by atoms with Crippen LogP contribution < -0.4 is 5.73 Å². The fourth-order valence-electron chi connectivity index (χ4n) is 3.92. The Morgan fingerprint density at radius 1 is 1.22 bits per heavy atom. The highest BCUT2D eigenvalue weighted by Gasteiger charge is 2.39. The zero-order valence-electron chi connectivity index (χ0n) is 10.4. The average Bonchev–Trinajstić information content (AvgIpc) is 2.94.